The monoisotopic (exact) mass is 343 g/mol. The number of nitrogens with one attached hydrogen (secondary N) is 1. The van der Waals surface area contributed by atoms with E-state index in [4.69, 9.17) is 16.3 Å². The fourth-order valence-electron chi connectivity index (χ4n) is 1.98. The first-order valence-electron chi connectivity index (χ1n) is 6.47. The van der Waals surface area contributed by atoms with Crippen molar-refractivity contribution in [2.45, 2.75) is 11.0 Å². The van der Waals surface area contributed by atoms with E-state index in [-0.39, 0.29) is 6.54 Å². The summed E-state index contributed by atoms with van der Waals surface area (Å²) in [6.45, 7) is -0.0586. The van der Waals surface area contributed by atoms with Gasteiger partial charge in [0.05, 0.1) is 6.10 Å². The van der Waals surface area contributed by atoms with Gasteiger partial charge in [-0.1, -0.05) is 41.9 Å². The molecule has 0 amide bonds. The van der Waals surface area contributed by atoms with Crippen LogP contribution in [0.1, 0.15) is 11.7 Å². The first kappa shape index (κ1) is 16.9. The Morgan fingerprint density at radius 2 is 1.82 bits per heavy atom. The lowest BCUT2D eigenvalue weighted by atomic mass is 10.1. The smallest absolute Gasteiger partial charge is 0.243 e. The van der Waals surface area contributed by atoms with E-state index in [0.717, 1.165) is 6.07 Å². The van der Waals surface area contributed by atoms with Crippen LogP contribution in [0.5, 0.6) is 0 Å². The number of ether oxygens (including phenoxy) is 1. The third-order valence-corrected chi connectivity index (χ3v) is 4.92. The van der Waals surface area contributed by atoms with E-state index in [1.165, 1.54) is 25.3 Å². The molecule has 0 heterocycles. The van der Waals surface area contributed by atoms with Crippen LogP contribution >= 0.6 is 11.6 Å². The molecule has 0 aliphatic rings. The molecule has 0 saturated carbocycles. The van der Waals surface area contributed by atoms with E-state index in [2.05, 4.69) is 4.72 Å². The summed E-state index contributed by atoms with van der Waals surface area (Å²) in [7, 11) is -2.52. The molecule has 0 spiro atoms. The Morgan fingerprint density at radius 1 is 1.18 bits per heavy atom. The van der Waals surface area contributed by atoms with Crippen molar-refractivity contribution >= 4 is 21.6 Å². The number of rotatable bonds is 6. The predicted octanol–water partition coefficient (Wildman–Crippen LogP) is 3.15. The second kappa shape index (κ2) is 7.19. The van der Waals surface area contributed by atoms with Crippen LogP contribution < -0.4 is 4.72 Å². The van der Waals surface area contributed by atoms with Gasteiger partial charge < -0.3 is 4.74 Å². The van der Waals surface area contributed by atoms with Crippen LogP contribution in [0, 0.1) is 5.82 Å². The summed E-state index contributed by atoms with van der Waals surface area (Å²) >= 11 is 6.07. The van der Waals surface area contributed by atoms with Crippen LogP contribution in [0.25, 0.3) is 0 Å². The molecule has 0 radical (unpaired) electrons. The average molecular weight is 344 g/mol. The van der Waals surface area contributed by atoms with E-state index in [1.807, 2.05) is 0 Å². The Morgan fingerprint density at radius 3 is 2.45 bits per heavy atom. The number of methoxy groups -OCH3 is 1. The molecular formula is C15H15ClFNO3S. The van der Waals surface area contributed by atoms with Crippen molar-refractivity contribution in [3.05, 3.63) is 64.9 Å². The van der Waals surface area contributed by atoms with E-state index in [0.29, 0.717) is 10.6 Å². The highest BCUT2D eigenvalue weighted by Gasteiger charge is 2.21. The minimum Gasteiger partial charge on any atom is -0.375 e. The number of hydrogen-bond donors (Lipinski definition) is 1. The molecule has 7 heteroatoms. The lowest BCUT2D eigenvalue weighted by Gasteiger charge is -2.18. The summed E-state index contributed by atoms with van der Waals surface area (Å²) in [5.41, 5.74) is 0.655. The predicted molar refractivity (Wildman–Crippen MR) is 82.8 cm³/mol. The number of hydrogen-bond acceptors (Lipinski definition) is 3. The van der Waals surface area contributed by atoms with E-state index >= 15 is 0 Å². The van der Waals surface area contributed by atoms with Crippen LogP contribution in [-0.4, -0.2) is 22.1 Å². The largest absolute Gasteiger partial charge is 0.375 e. The zero-order chi connectivity index (χ0) is 16.2. The highest BCUT2D eigenvalue weighted by molar-refractivity contribution is 7.89. The molecular weight excluding hydrogens is 329 g/mol. The summed E-state index contributed by atoms with van der Waals surface area (Å²) in [6.07, 6.45) is -0.574. The fraction of sp³-hybridized carbons (Fsp3) is 0.200. The Bertz CT molecular complexity index is 752. The van der Waals surface area contributed by atoms with Gasteiger partial charge in [-0.3, -0.25) is 0 Å². The molecule has 2 aromatic rings. The van der Waals surface area contributed by atoms with Crippen LogP contribution in [0.15, 0.2) is 53.4 Å². The van der Waals surface area contributed by atoms with Crippen molar-refractivity contribution in [1.82, 2.24) is 4.72 Å². The minimum absolute atomic E-state index is 0.0586. The topological polar surface area (TPSA) is 55.4 Å². The van der Waals surface area contributed by atoms with Gasteiger partial charge in [-0.2, -0.15) is 0 Å². The summed E-state index contributed by atoms with van der Waals surface area (Å²) in [5, 5.41) is 0.472. The van der Waals surface area contributed by atoms with Crippen molar-refractivity contribution in [2.24, 2.45) is 0 Å². The molecule has 1 N–H and O–H groups in total. The minimum atomic E-state index is -3.97. The number of halogens is 2. The van der Waals surface area contributed by atoms with Crippen molar-refractivity contribution in [1.29, 1.82) is 0 Å². The highest BCUT2D eigenvalue weighted by Crippen LogP contribution is 2.25. The normalized spacial score (nSPS) is 13.0. The molecule has 2 rings (SSSR count). The molecule has 0 saturated heterocycles. The van der Waals surface area contributed by atoms with Crippen LogP contribution in [0.2, 0.25) is 5.02 Å². The van der Waals surface area contributed by atoms with Crippen molar-refractivity contribution < 1.29 is 17.5 Å². The Balaban J connectivity index is 2.17. The summed E-state index contributed by atoms with van der Waals surface area (Å²) in [5.74, 6) is -0.804. The molecule has 0 fully saturated rings. The third kappa shape index (κ3) is 3.84. The molecule has 0 aliphatic heterocycles. The summed E-state index contributed by atoms with van der Waals surface area (Å²) in [4.78, 5) is -0.399. The van der Waals surface area contributed by atoms with E-state index in [1.54, 1.807) is 24.3 Å². The van der Waals surface area contributed by atoms with Gasteiger partial charge in [0, 0.05) is 24.2 Å². The maximum absolute atomic E-state index is 13.6. The van der Waals surface area contributed by atoms with Gasteiger partial charge in [0.15, 0.2) is 0 Å². The van der Waals surface area contributed by atoms with Gasteiger partial charge in [0.2, 0.25) is 10.0 Å². The van der Waals surface area contributed by atoms with Crippen molar-refractivity contribution in [3.63, 3.8) is 0 Å². The Hall–Kier alpha value is -1.47. The number of benzene rings is 2. The summed E-state index contributed by atoms with van der Waals surface area (Å²) in [6, 6.07) is 12.2. The van der Waals surface area contributed by atoms with E-state index in [9.17, 15) is 12.8 Å². The van der Waals surface area contributed by atoms with Gasteiger partial charge in [0.25, 0.3) is 0 Å². The van der Waals surface area contributed by atoms with E-state index < -0.39 is 26.8 Å². The highest BCUT2D eigenvalue weighted by atomic mass is 35.5. The van der Waals surface area contributed by atoms with Crippen molar-refractivity contribution in [2.75, 3.05) is 13.7 Å². The van der Waals surface area contributed by atoms with Crippen LogP contribution in [0.4, 0.5) is 4.39 Å². The number of sulfonamides is 1. The first-order valence-corrected chi connectivity index (χ1v) is 8.33. The van der Waals surface area contributed by atoms with Crippen LogP contribution in [-0.2, 0) is 14.8 Å². The van der Waals surface area contributed by atoms with Gasteiger partial charge >= 0.3 is 0 Å². The maximum atomic E-state index is 13.6. The zero-order valence-corrected chi connectivity index (χ0v) is 13.4. The third-order valence-electron chi connectivity index (χ3n) is 3.12. The van der Waals surface area contributed by atoms with Crippen molar-refractivity contribution in [3.8, 4) is 0 Å². The standard InChI is InChI=1S/C15H15ClFNO3S/c1-21-14(11-6-2-3-7-12(11)16)10-18-22(19,20)15-9-5-4-8-13(15)17/h2-9,14,18H,10H2,1H3/t14-/m1/s1. The quantitative estimate of drug-likeness (QED) is 0.876. The zero-order valence-electron chi connectivity index (χ0n) is 11.8. The molecule has 0 bridgehead atoms. The second-order valence-corrected chi connectivity index (χ2v) is 6.67. The maximum Gasteiger partial charge on any atom is 0.243 e. The summed E-state index contributed by atoms with van der Waals surface area (Å²) < 4.78 is 45.5. The SMILES string of the molecule is CO[C@H](CNS(=O)(=O)c1ccccc1F)c1ccccc1Cl. The van der Waals surface area contributed by atoms with Gasteiger partial charge in [-0.25, -0.2) is 17.5 Å². The molecule has 4 nitrogen and oxygen atoms in total. The fourth-order valence-corrected chi connectivity index (χ4v) is 3.35. The Labute approximate surface area is 133 Å². The molecule has 22 heavy (non-hydrogen) atoms. The lowest BCUT2D eigenvalue weighted by molar-refractivity contribution is 0.107. The van der Waals surface area contributed by atoms with Gasteiger partial charge in [0.1, 0.15) is 10.7 Å². The van der Waals surface area contributed by atoms with Gasteiger partial charge in [-0.15, -0.1) is 0 Å². The molecule has 1 atom stereocenters. The lowest BCUT2D eigenvalue weighted by Crippen LogP contribution is -2.30. The Kier molecular flexibility index (Phi) is 5.52. The molecule has 2 aromatic carbocycles. The van der Waals surface area contributed by atoms with Gasteiger partial charge in [-0.05, 0) is 18.2 Å². The second-order valence-electron chi connectivity index (χ2n) is 4.53. The molecule has 0 aromatic heterocycles. The molecule has 0 unspecified atom stereocenters. The van der Waals surface area contributed by atoms with Crippen LogP contribution in [0.3, 0.4) is 0 Å². The first-order chi connectivity index (χ1) is 10.5. The average Bonchev–Trinajstić information content (AvgIpc) is 2.49. The molecule has 0 aliphatic carbocycles. The molecule has 118 valence electrons.